The molecule has 1 saturated carbocycles. The Kier molecular flexibility index (Phi) is 4.14. The van der Waals surface area contributed by atoms with Crippen LogP contribution < -0.4 is 5.32 Å². The second-order valence-electron chi connectivity index (χ2n) is 5.84. The Hall–Kier alpha value is -0.930. The molecule has 0 aromatic heterocycles. The van der Waals surface area contributed by atoms with Crippen LogP contribution in [0.15, 0.2) is 24.3 Å². The van der Waals surface area contributed by atoms with Gasteiger partial charge in [-0.25, -0.2) is 4.39 Å². The topological polar surface area (TPSA) is 15.3 Å². The molecule has 1 N–H and O–H groups in total. The number of piperazine rings is 1. The number of benzene rings is 1. The third kappa shape index (κ3) is 3.15. The summed E-state index contributed by atoms with van der Waals surface area (Å²) in [5.74, 6) is 0.512. The van der Waals surface area contributed by atoms with Crippen LogP contribution in [-0.4, -0.2) is 37.1 Å². The normalized spacial score (nSPS) is 29.3. The summed E-state index contributed by atoms with van der Waals surface area (Å²) in [5.41, 5.74) is 1.32. The molecular formula is C16H23FN2. The van der Waals surface area contributed by atoms with Crippen LogP contribution in [0.2, 0.25) is 0 Å². The number of hydrogen-bond donors (Lipinski definition) is 1. The van der Waals surface area contributed by atoms with Crippen molar-refractivity contribution in [3.63, 3.8) is 0 Å². The highest BCUT2D eigenvalue weighted by Gasteiger charge is 2.27. The molecule has 0 atom stereocenters. The molecular weight excluding hydrogens is 239 g/mol. The van der Waals surface area contributed by atoms with Gasteiger partial charge in [0.2, 0.25) is 0 Å². The van der Waals surface area contributed by atoms with Crippen molar-refractivity contribution in [3.05, 3.63) is 35.6 Å². The molecule has 1 aromatic rings. The summed E-state index contributed by atoms with van der Waals surface area (Å²) in [6.07, 6.45) is 5.09. The molecule has 0 amide bonds. The van der Waals surface area contributed by atoms with Crippen LogP contribution in [0.25, 0.3) is 0 Å². The van der Waals surface area contributed by atoms with E-state index in [4.69, 9.17) is 0 Å². The summed E-state index contributed by atoms with van der Waals surface area (Å²) in [4.78, 5) is 2.65. The predicted octanol–water partition coefficient (Wildman–Crippen LogP) is 2.76. The molecule has 0 bridgehead atoms. The molecule has 0 spiro atoms. The van der Waals surface area contributed by atoms with Crippen molar-refractivity contribution < 1.29 is 4.39 Å². The Morgan fingerprint density at radius 2 is 1.58 bits per heavy atom. The van der Waals surface area contributed by atoms with E-state index in [-0.39, 0.29) is 5.82 Å². The van der Waals surface area contributed by atoms with E-state index in [2.05, 4.69) is 10.2 Å². The average molecular weight is 262 g/mol. The van der Waals surface area contributed by atoms with Crippen LogP contribution in [0.3, 0.4) is 0 Å². The predicted molar refractivity (Wildman–Crippen MR) is 75.8 cm³/mol. The van der Waals surface area contributed by atoms with Gasteiger partial charge in [-0.1, -0.05) is 12.1 Å². The van der Waals surface area contributed by atoms with Crippen LogP contribution in [0.4, 0.5) is 4.39 Å². The lowest BCUT2D eigenvalue weighted by molar-refractivity contribution is 0.133. The molecule has 1 aromatic carbocycles. The average Bonchev–Trinajstić information content (AvgIpc) is 2.49. The fourth-order valence-electron chi connectivity index (χ4n) is 3.56. The number of nitrogens with one attached hydrogen (secondary N) is 1. The van der Waals surface area contributed by atoms with Gasteiger partial charge in [0.25, 0.3) is 0 Å². The minimum atomic E-state index is -0.127. The first-order chi connectivity index (χ1) is 9.33. The largest absolute Gasteiger partial charge is 0.314 e. The van der Waals surface area contributed by atoms with Crippen molar-refractivity contribution in [3.8, 4) is 0 Å². The summed E-state index contributed by atoms with van der Waals surface area (Å²) < 4.78 is 12.9. The monoisotopic (exact) mass is 262 g/mol. The minimum Gasteiger partial charge on any atom is -0.314 e. The summed E-state index contributed by atoms with van der Waals surface area (Å²) in [5, 5.41) is 3.42. The first-order valence-electron chi connectivity index (χ1n) is 7.53. The highest BCUT2D eigenvalue weighted by Crippen LogP contribution is 2.34. The molecule has 1 heterocycles. The van der Waals surface area contributed by atoms with Crippen molar-refractivity contribution in [1.82, 2.24) is 10.2 Å². The van der Waals surface area contributed by atoms with Gasteiger partial charge in [-0.15, -0.1) is 0 Å². The molecule has 2 nitrogen and oxygen atoms in total. The highest BCUT2D eigenvalue weighted by atomic mass is 19.1. The zero-order valence-electron chi connectivity index (χ0n) is 11.4. The fourth-order valence-corrected chi connectivity index (χ4v) is 3.56. The number of halogens is 1. The maximum Gasteiger partial charge on any atom is 0.123 e. The lowest BCUT2D eigenvalue weighted by Crippen LogP contribution is -2.49. The Balaban J connectivity index is 1.55. The van der Waals surface area contributed by atoms with Crippen molar-refractivity contribution in [1.29, 1.82) is 0 Å². The minimum absolute atomic E-state index is 0.127. The SMILES string of the molecule is Fc1ccc(C2CCC(N3CCNCC3)CC2)cc1. The molecule has 3 rings (SSSR count). The first-order valence-corrected chi connectivity index (χ1v) is 7.53. The number of nitrogens with zero attached hydrogens (tertiary/aromatic N) is 1. The van der Waals surface area contributed by atoms with Crippen LogP contribution in [0.1, 0.15) is 37.2 Å². The lowest BCUT2D eigenvalue weighted by Gasteiger charge is -2.39. The highest BCUT2D eigenvalue weighted by molar-refractivity contribution is 5.21. The quantitative estimate of drug-likeness (QED) is 0.881. The molecule has 3 heteroatoms. The third-order valence-electron chi connectivity index (χ3n) is 4.71. The first kappa shape index (κ1) is 13.1. The molecule has 2 fully saturated rings. The van der Waals surface area contributed by atoms with Crippen molar-refractivity contribution >= 4 is 0 Å². The molecule has 0 unspecified atom stereocenters. The van der Waals surface area contributed by atoms with Gasteiger partial charge in [0, 0.05) is 32.2 Å². The van der Waals surface area contributed by atoms with E-state index in [1.165, 1.54) is 44.3 Å². The molecule has 1 aliphatic carbocycles. The van der Waals surface area contributed by atoms with Crippen molar-refractivity contribution in [2.45, 2.75) is 37.6 Å². The van der Waals surface area contributed by atoms with Gasteiger partial charge in [-0.3, -0.25) is 4.90 Å². The van der Waals surface area contributed by atoms with Crippen LogP contribution in [0.5, 0.6) is 0 Å². The zero-order valence-corrected chi connectivity index (χ0v) is 11.4. The van der Waals surface area contributed by atoms with Crippen LogP contribution in [-0.2, 0) is 0 Å². The maximum absolute atomic E-state index is 12.9. The van der Waals surface area contributed by atoms with E-state index in [9.17, 15) is 4.39 Å². The molecule has 1 aliphatic heterocycles. The van der Waals surface area contributed by atoms with Gasteiger partial charge in [0.1, 0.15) is 5.82 Å². The second kappa shape index (κ2) is 6.02. The van der Waals surface area contributed by atoms with E-state index in [0.717, 1.165) is 19.1 Å². The Morgan fingerprint density at radius 1 is 0.947 bits per heavy atom. The van der Waals surface area contributed by atoms with Gasteiger partial charge < -0.3 is 5.32 Å². The standard InChI is InChI=1S/C16H23FN2/c17-15-5-1-13(2-6-15)14-3-7-16(8-4-14)19-11-9-18-10-12-19/h1-2,5-6,14,16,18H,3-4,7-12H2. The van der Waals surface area contributed by atoms with Crippen LogP contribution in [0, 0.1) is 5.82 Å². The maximum atomic E-state index is 12.9. The number of hydrogen-bond acceptors (Lipinski definition) is 2. The van der Waals surface area contributed by atoms with Gasteiger partial charge >= 0.3 is 0 Å². The smallest absolute Gasteiger partial charge is 0.123 e. The number of rotatable bonds is 2. The van der Waals surface area contributed by atoms with E-state index in [0.29, 0.717) is 5.92 Å². The van der Waals surface area contributed by atoms with Gasteiger partial charge in [-0.05, 0) is 49.3 Å². The van der Waals surface area contributed by atoms with Gasteiger partial charge in [-0.2, -0.15) is 0 Å². The van der Waals surface area contributed by atoms with Crippen LogP contribution >= 0.6 is 0 Å². The van der Waals surface area contributed by atoms with E-state index < -0.39 is 0 Å². The molecule has 104 valence electrons. The Morgan fingerprint density at radius 3 is 2.21 bits per heavy atom. The molecule has 0 radical (unpaired) electrons. The Bertz CT molecular complexity index is 390. The van der Waals surface area contributed by atoms with Gasteiger partial charge in [0.15, 0.2) is 0 Å². The summed E-state index contributed by atoms with van der Waals surface area (Å²) in [6, 6.07) is 7.89. The molecule has 19 heavy (non-hydrogen) atoms. The zero-order chi connectivity index (χ0) is 13.1. The van der Waals surface area contributed by atoms with E-state index >= 15 is 0 Å². The van der Waals surface area contributed by atoms with Crippen molar-refractivity contribution in [2.75, 3.05) is 26.2 Å². The third-order valence-corrected chi connectivity index (χ3v) is 4.71. The summed E-state index contributed by atoms with van der Waals surface area (Å²) in [7, 11) is 0. The van der Waals surface area contributed by atoms with E-state index in [1.54, 1.807) is 12.1 Å². The summed E-state index contributed by atoms with van der Waals surface area (Å²) >= 11 is 0. The fraction of sp³-hybridized carbons (Fsp3) is 0.625. The lowest BCUT2D eigenvalue weighted by atomic mass is 9.81. The molecule has 2 aliphatic rings. The summed E-state index contributed by atoms with van der Waals surface area (Å²) in [6.45, 7) is 4.67. The molecule has 1 saturated heterocycles. The Labute approximate surface area is 115 Å². The van der Waals surface area contributed by atoms with Gasteiger partial charge in [0.05, 0.1) is 0 Å². The second-order valence-corrected chi connectivity index (χ2v) is 5.84. The van der Waals surface area contributed by atoms with Crippen molar-refractivity contribution in [2.24, 2.45) is 0 Å². The van der Waals surface area contributed by atoms with E-state index in [1.807, 2.05) is 12.1 Å².